The molecule has 0 aliphatic rings. The molecule has 0 aliphatic heterocycles. The zero-order chi connectivity index (χ0) is 17.1. The van der Waals surface area contributed by atoms with E-state index in [1.807, 2.05) is 42.5 Å². The number of methoxy groups -OCH3 is 1. The van der Waals surface area contributed by atoms with Crippen molar-refractivity contribution in [2.45, 2.75) is 6.54 Å². The van der Waals surface area contributed by atoms with Crippen molar-refractivity contribution in [3.8, 4) is 17.0 Å². The van der Waals surface area contributed by atoms with Gasteiger partial charge in [0.05, 0.1) is 18.2 Å². The second kappa shape index (κ2) is 6.65. The molecule has 5 heteroatoms. The lowest BCUT2D eigenvalue weighted by Gasteiger charge is -2.06. The molecule has 4 rings (SSSR count). The number of aromatic nitrogens is 3. The molecule has 0 fully saturated rings. The summed E-state index contributed by atoms with van der Waals surface area (Å²) in [6, 6.07) is 20.2. The molecule has 0 bridgehead atoms. The van der Waals surface area contributed by atoms with Gasteiger partial charge in [0, 0.05) is 12.1 Å². The van der Waals surface area contributed by atoms with E-state index in [0.29, 0.717) is 6.54 Å². The standard InChI is InChI=1S/C20H18N4O/c1-25-18-10-6-5-9-15(18)17-11-16-19(22-13-23-20(16)24-17)21-12-14-7-3-2-4-8-14/h2-11,13H,12H2,1H3,(H2,21,22,23,24). The largest absolute Gasteiger partial charge is 0.496 e. The predicted molar refractivity (Wildman–Crippen MR) is 99.6 cm³/mol. The van der Waals surface area contributed by atoms with Gasteiger partial charge >= 0.3 is 0 Å². The Morgan fingerprint density at radius 1 is 1.00 bits per heavy atom. The van der Waals surface area contributed by atoms with Crippen LogP contribution in [0.1, 0.15) is 5.56 Å². The van der Waals surface area contributed by atoms with Gasteiger partial charge in [-0.3, -0.25) is 0 Å². The molecular formula is C20H18N4O. The zero-order valence-corrected chi connectivity index (χ0v) is 13.9. The second-order valence-corrected chi connectivity index (χ2v) is 5.71. The first kappa shape index (κ1) is 15.2. The lowest BCUT2D eigenvalue weighted by atomic mass is 10.1. The molecule has 0 unspecified atom stereocenters. The highest BCUT2D eigenvalue weighted by molar-refractivity contribution is 5.92. The molecule has 2 aromatic heterocycles. The third kappa shape index (κ3) is 3.04. The van der Waals surface area contributed by atoms with Crippen LogP contribution in [0, 0.1) is 0 Å². The van der Waals surface area contributed by atoms with E-state index in [1.165, 1.54) is 5.56 Å². The monoisotopic (exact) mass is 330 g/mol. The van der Waals surface area contributed by atoms with Crippen molar-refractivity contribution in [3.63, 3.8) is 0 Å². The van der Waals surface area contributed by atoms with Crippen LogP contribution in [0.2, 0.25) is 0 Å². The number of rotatable bonds is 5. The van der Waals surface area contributed by atoms with Crippen LogP contribution in [0.5, 0.6) is 5.75 Å². The fraction of sp³-hybridized carbons (Fsp3) is 0.100. The summed E-state index contributed by atoms with van der Waals surface area (Å²) in [7, 11) is 1.67. The molecule has 0 aliphatic carbocycles. The molecule has 25 heavy (non-hydrogen) atoms. The van der Waals surface area contributed by atoms with Crippen molar-refractivity contribution in [1.29, 1.82) is 0 Å². The summed E-state index contributed by atoms with van der Waals surface area (Å²) >= 11 is 0. The minimum atomic E-state index is 0.710. The molecule has 124 valence electrons. The third-order valence-electron chi connectivity index (χ3n) is 4.13. The predicted octanol–water partition coefficient (Wildman–Crippen LogP) is 4.25. The van der Waals surface area contributed by atoms with E-state index in [4.69, 9.17) is 4.74 Å². The van der Waals surface area contributed by atoms with Crippen LogP contribution in [-0.4, -0.2) is 22.1 Å². The van der Waals surface area contributed by atoms with Gasteiger partial charge in [-0.15, -0.1) is 0 Å². The van der Waals surface area contributed by atoms with Gasteiger partial charge in [-0.05, 0) is 23.8 Å². The molecule has 2 N–H and O–H groups in total. The molecule has 0 spiro atoms. The maximum atomic E-state index is 5.46. The number of aromatic amines is 1. The highest BCUT2D eigenvalue weighted by Gasteiger charge is 2.12. The van der Waals surface area contributed by atoms with Gasteiger partial charge in [0.25, 0.3) is 0 Å². The van der Waals surface area contributed by atoms with Crippen LogP contribution >= 0.6 is 0 Å². The first-order chi connectivity index (χ1) is 12.3. The third-order valence-corrected chi connectivity index (χ3v) is 4.13. The molecule has 0 saturated carbocycles. The van der Waals surface area contributed by atoms with Gasteiger partial charge in [-0.25, -0.2) is 9.97 Å². The summed E-state index contributed by atoms with van der Waals surface area (Å²) in [5, 5.41) is 4.35. The van der Waals surface area contributed by atoms with E-state index in [-0.39, 0.29) is 0 Å². The van der Waals surface area contributed by atoms with Crippen LogP contribution in [-0.2, 0) is 6.54 Å². The van der Waals surface area contributed by atoms with E-state index < -0.39 is 0 Å². The number of hydrogen-bond donors (Lipinski definition) is 2. The number of fused-ring (bicyclic) bond motifs is 1. The average Bonchev–Trinajstić information content (AvgIpc) is 3.12. The SMILES string of the molecule is COc1ccccc1-c1cc2c(NCc3ccccc3)ncnc2[nH]1. The Morgan fingerprint density at radius 3 is 2.64 bits per heavy atom. The Bertz CT molecular complexity index is 995. The van der Waals surface area contributed by atoms with Gasteiger partial charge in [0.15, 0.2) is 0 Å². The van der Waals surface area contributed by atoms with Gasteiger partial charge < -0.3 is 15.0 Å². The number of ether oxygens (including phenoxy) is 1. The van der Waals surface area contributed by atoms with Crippen LogP contribution in [0.4, 0.5) is 5.82 Å². The van der Waals surface area contributed by atoms with Crippen molar-refractivity contribution in [2.24, 2.45) is 0 Å². The molecule has 2 heterocycles. The topological polar surface area (TPSA) is 62.8 Å². The molecule has 4 aromatic rings. The second-order valence-electron chi connectivity index (χ2n) is 5.71. The molecular weight excluding hydrogens is 312 g/mol. The minimum absolute atomic E-state index is 0.710. The Morgan fingerprint density at radius 2 is 1.80 bits per heavy atom. The Labute approximate surface area is 145 Å². The molecule has 0 amide bonds. The van der Waals surface area contributed by atoms with Gasteiger partial charge in [0.1, 0.15) is 23.5 Å². The number of nitrogens with zero attached hydrogens (tertiary/aromatic N) is 2. The fourth-order valence-electron chi connectivity index (χ4n) is 2.87. The number of anilines is 1. The summed E-state index contributed by atoms with van der Waals surface area (Å²) in [5.74, 6) is 1.63. The van der Waals surface area contributed by atoms with Crippen LogP contribution < -0.4 is 10.1 Å². The first-order valence-electron chi connectivity index (χ1n) is 8.10. The van der Waals surface area contributed by atoms with Crippen molar-refractivity contribution in [2.75, 3.05) is 12.4 Å². The molecule has 5 nitrogen and oxygen atoms in total. The average molecular weight is 330 g/mol. The quantitative estimate of drug-likeness (QED) is 0.574. The zero-order valence-electron chi connectivity index (χ0n) is 13.9. The lowest BCUT2D eigenvalue weighted by Crippen LogP contribution is -2.01. The Hall–Kier alpha value is -3.34. The molecule has 0 saturated heterocycles. The Kier molecular flexibility index (Phi) is 4.04. The van der Waals surface area contributed by atoms with Gasteiger partial charge in [-0.1, -0.05) is 42.5 Å². The maximum Gasteiger partial charge on any atom is 0.143 e. The lowest BCUT2D eigenvalue weighted by molar-refractivity contribution is 0.416. The van der Waals surface area contributed by atoms with Gasteiger partial charge in [0.2, 0.25) is 0 Å². The van der Waals surface area contributed by atoms with Crippen LogP contribution in [0.25, 0.3) is 22.3 Å². The maximum absolute atomic E-state index is 5.46. The van der Waals surface area contributed by atoms with E-state index in [9.17, 15) is 0 Å². The number of para-hydroxylation sites is 1. The van der Waals surface area contributed by atoms with E-state index >= 15 is 0 Å². The summed E-state index contributed by atoms with van der Waals surface area (Å²) in [4.78, 5) is 12.1. The van der Waals surface area contributed by atoms with E-state index in [2.05, 4.69) is 38.5 Å². The van der Waals surface area contributed by atoms with Crippen molar-refractivity contribution >= 4 is 16.9 Å². The van der Waals surface area contributed by atoms with Crippen LogP contribution in [0.15, 0.2) is 67.0 Å². The van der Waals surface area contributed by atoms with Crippen molar-refractivity contribution in [3.05, 3.63) is 72.6 Å². The van der Waals surface area contributed by atoms with Crippen molar-refractivity contribution < 1.29 is 4.74 Å². The smallest absolute Gasteiger partial charge is 0.143 e. The first-order valence-corrected chi connectivity index (χ1v) is 8.10. The number of nitrogens with one attached hydrogen (secondary N) is 2. The Balaban J connectivity index is 1.69. The van der Waals surface area contributed by atoms with Crippen molar-refractivity contribution in [1.82, 2.24) is 15.0 Å². The number of H-pyrrole nitrogens is 1. The minimum Gasteiger partial charge on any atom is -0.496 e. The highest BCUT2D eigenvalue weighted by atomic mass is 16.5. The highest BCUT2D eigenvalue weighted by Crippen LogP contribution is 2.32. The normalized spacial score (nSPS) is 10.8. The molecule has 0 radical (unpaired) electrons. The summed E-state index contributed by atoms with van der Waals surface area (Å²) in [6.45, 7) is 0.710. The van der Waals surface area contributed by atoms with Crippen LogP contribution in [0.3, 0.4) is 0 Å². The van der Waals surface area contributed by atoms with Gasteiger partial charge in [-0.2, -0.15) is 0 Å². The molecule has 2 aromatic carbocycles. The number of benzene rings is 2. The summed E-state index contributed by atoms with van der Waals surface area (Å²) in [6.07, 6.45) is 1.57. The summed E-state index contributed by atoms with van der Waals surface area (Å²) < 4.78 is 5.46. The van der Waals surface area contributed by atoms with E-state index in [0.717, 1.165) is 33.9 Å². The number of hydrogen-bond acceptors (Lipinski definition) is 4. The van der Waals surface area contributed by atoms with E-state index in [1.54, 1.807) is 13.4 Å². The fourth-order valence-corrected chi connectivity index (χ4v) is 2.87. The molecule has 0 atom stereocenters. The summed E-state index contributed by atoms with van der Waals surface area (Å²) in [5.41, 5.74) is 3.95.